The molecule has 0 saturated carbocycles. The van der Waals surface area contributed by atoms with E-state index >= 15 is 0 Å². The summed E-state index contributed by atoms with van der Waals surface area (Å²) < 4.78 is 5.55. The molecule has 0 unspecified atom stereocenters. The number of anilines is 1. The Bertz CT molecular complexity index is 1090. The third-order valence-electron chi connectivity index (χ3n) is 5.69. The fourth-order valence-electron chi connectivity index (χ4n) is 4.34. The molecule has 3 N–H and O–H groups in total. The van der Waals surface area contributed by atoms with Gasteiger partial charge in [0.15, 0.2) is 0 Å². The Morgan fingerprint density at radius 2 is 2.31 bits per heavy atom. The van der Waals surface area contributed by atoms with Gasteiger partial charge in [-0.3, -0.25) is 9.89 Å². The van der Waals surface area contributed by atoms with Crippen molar-refractivity contribution in [1.29, 1.82) is 0 Å². The van der Waals surface area contributed by atoms with Crippen LogP contribution in [0.2, 0.25) is 0 Å². The number of ether oxygens (including phenoxy) is 1. The van der Waals surface area contributed by atoms with Crippen molar-refractivity contribution < 1.29 is 14.6 Å². The Morgan fingerprint density at radius 3 is 3.03 bits per heavy atom. The number of nitrogens with zero attached hydrogens (tertiary/aromatic N) is 2. The van der Waals surface area contributed by atoms with Gasteiger partial charge in [0.25, 0.3) is 0 Å². The Morgan fingerprint density at radius 1 is 1.48 bits per heavy atom. The highest BCUT2D eigenvalue weighted by molar-refractivity contribution is 6.13. The highest BCUT2D eigenvalue weighted by atomic mass is 16.5. The number of carboxylic acid groups (broad SMARTS) is 1. The highest BCUT2D eigenvalue weighted by Gasteiger charge is 2.33. The molecular formula is C22H24N4O3. The normalized spacial score (nSPS) is 19.5. The highest BCUT2D eigenvalue weighted by Crippen LogP contribution is 2.44. The van der Waals surface area contributed by atoms with Gasteiger partial charge in [-0.1, -0.05) is 17.7 Å². The molecule has 29 heavy (non-hydrogen) atoms. The molecule has 1 heterocycles. The van der Waals surface area contributed by atoms with E-state index < -0.39 is 5.97 Å². The van der Waals surface area contributed by atoms with Gasteiger partial charge in [-0.05, 0) is 44.2 Å². The smallest absolute Gasteiger partial charge is 0.306 e. The lowest BCUT2D eigenvalue weighted by atomic mass is 9.83. The molecule has 150 valence electrons. The van der Waals surface area contributed by atoms with Crippen LogP contribution in [0.5, 0.6) is 5.75 Å². The molecule has 1 aromatic carbocycles. The van der Waals surface area contributed by atoms with Crippen molar-refractivity contribution in [3.05, 3.63) is 53.4 Å². The SMILES string of the molecule is C=CN=C(Nc1cc2cn[nH]c2cc1OC)C1=C(C)CC2=C1CC[C@H](C(=O)O)C2. The van der Waals surface area contributed by atoms with Crippen LogP contribution in [0.4, 0.5) is 5.69 Å². The van der Waals surface area contributed by atoms with Crippen molar-refractivity contribution in [3.8, 4) is 5.75 Å². The van der Waals surface area contributed by atoms with Crippen molar-refractivity contribution in [1.82, 2.24) is 10.2 Å². The summed E-state index contributed by atoms with van der Waals surface area (Å²) >= 11 is 0. The van der Waals surface area contributed by atoms with Gasteiger partial charge in [0.1, 0.15) is 11.6 Å². The minimum Gasteiger partial charge on any atom is -0.494 e. The Balaban J connectivity index is 1.70. The van der Waals surface area contributed by atoms with E-state index in [4.69, 9.17) is 4.74 Å². The third kappa shape index (κ3) is 3.44. The summed E-state index contributed by atoms with van der Waals surface area (Å²) in [6.07, 6.45) is 6.08. The molecule has 0 radical (unpaired) electrons. The number of nitrogens with one attached hydrogen (secondary N) is 2. The molecule has 1 atom stereocenters. The first-order valence-corrected chi connectivity index (χ1v) is 9.62. The number of allylic oxidation sites excluding steroid dienone is 2. The van der Waals surface area contributed by atoms with E-state index in [-0.39, 0.29) is 5.92 Å². The summed E-state index contributed by atoms with van der Waals surface area (Å²) in [7, 11) is 1.63. The molecule has 0 bridgehead atoms. The minimum absolute atomic E-state index is 0.294. The van der Waals surface area contributed by atoms with Gasteiger partial charge in [0.2, 0.25) is 0 Å². The fourth-order valence-corrected chi connectivity index (χ4v) is 4.34. The summed E-state index contributed by atoms with van der Waals surface area (Å²) in [6.45, 7) is 5.86. The van der Waals surface area contributed by atoms with E-state index in [1.807, 2.05) is 12.1 Å². The molecule has 1 aromatic heterocycles. The van der Waals surface area contributed by atoms with Gasteiger partial charge in [-0.25, -0.2) is 4.99 Å². The number of hydrogen-bond acceptors (Lipinski definition) is 4. The molecule has 7 heteroatoms. The molecule has 0 amide bonds. The largest absolute Gasteiger partial charge is 0.494 e. The minimum atomic E-state index is -0.709. The van der Waals surface area contributed by atoms with Crippen molar-refractivity contribution in [2.45, 2.75) is 32.6 Å². The number of methoxy groups -OCH3 is 1. The lowest BCUT2D eigenvalue weighted by Crippen LogP contribution is -2.21. The fraction of sp³-hybridized carbons (Fsp3) is 0.318. The zero-order valence-corrected chi connectivity index (χ0v) is 16.6. The number of aliphatic carboxylic acids is 1. The summed E-state index contributed by atoms with van der Waals surface area (Å²) in [4.78, 5) is 16.0. The van der Waals surface area contributed by atoms with Gasteiger partial charge in [0, 0.05) is 23.2 Å². The van der Waals surface area contributed by atoms with Gasteiger partial charge < -0.3 is 15.2 Å². The van der Waals surface area contributed by atoms with Gasteiger partial charge in [-0.2, -0.15) is 5.10 Å². The van der Waals surface area contributed by atoms with Crippen LogP contribution >= 0.6 is 0 Å². The molecule has 2 aliphatic rings. The predicted octanol–water partition coefficient (Wildman–Crippen LogP) is 4.43. The van der Waals surface area contributed by atoms with Crippen LogP contribution in [0.25, 0.3) is 10.9 Å². The molecular weight excluding hydrogens is 368 g/mol. The lowest BCUT2D eigenvalue weighted by molar-refractivity contribution is -0.142. The third-order valence-corrected chi connectivity index (χ3v) is 5.69. The molecule has 0 spiro atoms. The number of carboxylic acids is 1. The number of H-pyrrole nitrogens is 1. The van der Waals surface area contributed by atoms with Crippen molar-refractivity contribution in [3.63, 3.8) is 0 Å². The van der Waals surface area contributed by atoms with Crippen LogP contribution in [0.1, 0.15) is 32.6 Å². The van der Waals surface area contributed by atoms with Crippen LogP contribution in [0, 0.1) is 5.92 Å². The van der Waals surface area contributed by atoms with Gasteiger partial charge in [-0.15, -0.1) is 0 Å². The maximum absolute atomic E-state index is 11.4. The second-order valence-corrected chi connectivity index (χ2v) is 7.49. The number of hydrogen-bond donors (Lipinski definition) is 3. The number of amidine groups is 1. The Hall–Kier alpha value is -3.35. The molecule has 0 aliphatic heterocycles. The monoisotopic (exact) mass is 392 g/mol. The molecule has 7 nitrogen and oxygen atoms in total. The van der Waals surface area contributed by atoms with Crippen LogP contribution < -0.4 is 10.1 Å². The van der Waals surface area contributed by atoms with Crippen LogP contribution in [0.15, 0.2) is 58.4 Å². The van der Waals surface area contributed by atoms with E-state index in [2.05, 4.69) is 34.0 Å². The molecule has 4 rings (SSSR count). The van der Waals surface area contributed by atoms with Crippen LogP contribution in [-0.2, 0) is 4.79 Å². The van der Waals surface area contributed by atoms with Crippen molar-refractivity contribution in [2.75, 3.05) is 12.4 Å². The van der Waals surface area contributed by atoms with Crippen LogP contribution in [0.3, 0.4) is 0 Å². The maximum Gasteiger partial charge on any atom is 0.306 e. The van der Waals surface area contributed by atoms with E-state index in [0.29, 0.717) is 24.4 Å². The number of carbonyl (C=O) groups is 1. The first-order chi connectivity index (χ1) is 14.0. The number of aromatic nitrogens is 2. The Kier molecular flexibility index (Phi) is 4.96. The van der Waals surface area contributed by atoms with E-state index in [9.17, 15) is 9.90 Å². The summed E-state index contributed by atoms with van der Waals surface area (Å²) in [5.41, 5.74) is 6.37. The van der Waals surface area contributed by atoms with Gasteiger partial charge in [0.05, 0.1) is 30.4 Å². The zero-order valence-electron chi connectivity index (χ0n) is 16.6. The van der Waals surface area contributed by atoms with E-state index in [1.54, 1.807) is 13.3 Å². The number of fused-ring (bicyclic) bond motifs is 1. The first-order valence-electron chi connectivity index (χ1n) is 9.62. The molecule has 0 fully saturated rings. The number of aromatic amines is 1. The number of aliphatic imine (C=N–C) groups is 1. The molecule has 2 aliphatic carbocycles. The maximum atomic E-state index is 11.4. The second kappa shape index (κ2) is 7.58. The number of rotatable bonds is 5. The summed E-state index contributed by atoms with van der Waals surface area (Å²) in [5.74, 6) is 0.382. The lowest BCUT2D eigenvalue weighted by Gasteiger charge is -2.23. The predicted molar refractivity (Wildman–Crippen MR) is 113 cm³/mol. The van der Waals surface area contributed by atoms with Crippen molar-refractivity contribution in [2.24, 2.45) is 10.9 Å². The number of benzene rings is 1. The topological polar surface area (TPSA) is 99.6 Å². The Labute approximate surface area is 168 Å². The van der Waals surface area contributed by atoms with Gasteiger partial charge >= 0.3 is 5.97 Å². The average molecular weight is 392 g/mol. The summed E-state index contributed by atoms with van der Waals surface area (Å²) in [6, 6.07) is 3.87. The first kappa shape index (κ1) is 19.0. The van der Waals surface area contributed by atoms with Crippen molar-refractivity contribution >= 4 is 28.4 Å². The summed E-state index contributed by atoms with van der Waals surface area (Å²) in [5, 5.41) is 20.8. The second-order valence-electron chi connectivity index (χ2n) is 7.49. The standard InChI is InChI=1S/C22H24N4O3/c1-4-23-21(25-18-9-15-11-24-26-17(15)10-19(18)29-3)20-12(2)7-14-8-13(22(27)28)5-6-16(14)20/h4,9-11,13H,1,5-8H2,2-3H3,(H,23,25)(H,24,26)(H,27,28)/t13-/m0/s1. The molecule has 2 aromatic rings. The zero-order chi connectivity index (χ0) is 20.5. The molecule has 0 saturated heterocycles. The quantitative estimate of drug-likeness (QED) is 0.516. The van der Waals surface area contributed by atoms with E-state index in [0.717, 1.165) is 35.0 Å². The van der Waals surface area contributed by atoms with Crippen LogP contribution in [-0.4, -0.2) is 34.2 Å². The average Bonchev–Trinajstić information content (AvgIpc) is 3.28. The van der Waals surface area contributed by atoms with E-state index in [1.165, 1.54) is 22.9 Å².